The maximum absolute atomic E-state index is 11.6. The lowest BCUT2D eigenvalue weighted by Crippen LogP contribution is -2.07. The lowest BCUT2D eigenvalue weighted by molar-refractivity contribution is -0.112. The van der Waals surface area contributed by atoms with Crippen LogP contribution < -0.4 is 10.1 Å². The summed E-state index contributed by atoms with van der Waals surface area (Å²) in [4.78, 5) is 11.6. The molecule has 0 bridgehead atoms. The molecule has 0 aliphatic rings. The Labute approximate surface area is 120 Å². The zero-order valence-corrected chi connectivity index (χ0v) is 11.6. The molecule has 2 aromatic rings. The molecule has 0 saturated carbocycles. The SMILES string of the molecule is O=C(C=COc1ccccc1)Nc1ccc(Br)cc1. The first-order valence-electron chi connectivity index (χ1n) is 5.69. The first kappa shape index (κ1) is 13.4. The second-order valence-electron chi connectivity index (χ2n) is 3.73. The summed E-state index contributed by atoms with van der Waals surface area (Å²) in [6.07, 6.45) is 2.71. The molecule has 3 nitrogen and oxygen atoms in total. The molecule has 1 N–H and O–H groups in total. The van der Waals surface area contributed by atoms with E-state index >= 15 is 0 Å². The number of anilines is 1. The third-order valence-electron chi connectivity index (χ3n) is 2.28. The van der Waals surface area contributed by atoms with E-state index in [9.17, 15) is 4.79 Å². The van der Waals surface area contributed by atoms with Gasteiger partial charge in [-0.2, -0.15) is 0 Å². The van der Waals surface area contributed by atoms with Crippen LogP contribution in [0.4, 0.5) is 5.69 Å². The van der Waals surface area contributed by atoms with Crippen LogP contribution in [-0.4, -0.2) is 5.91 Å². The van der Waals surface area contributed by atoms with Crippen LogP contribution in [0, 0.1) is 0 Å². The number of carbonyl (C=O) groups is 1. The van der Waals surface area contributed by atoms with Crippen molar-refractivity contribution in [1.82, 2.24) is 0 Å². The van der Waals surface area contributed by atoms with Crippen LogP contribution in [0.25, 0.3) is 0 Å². The van der Waals surface area contributed by atoms with E-state index in [0.29, 0.717) is 5.75 Å². The van der Waals surface area contributed by atoms with Crippen LogP contribution in [0.2, 0.25) is 0 Å². The number of para-hydroxylation sites is 1. The van der Waals surface area contributed by atoms with Crippen molar-refractivity contribution in [3.8, 4) is 5.75 Å². The molecule has 0 fully saturated rings. The molecule has 4 heteroatoms. The first-order chi connectivity index (χ1) is 9.24. The number of ether oxygens (including phenoxy) is 1. The Balaban J connectivity index is 1.86. The van der Waals surface area contributed by atoms with Gasteiger partial charge in [0.25, 0.3) is 5.91 Å². The molecule has 0 heterocycles. The molecule has 0 saturated heterocycles. The molecule has 0 unspecified atom stereocenters. The fourth-order valence-corrected chi connectivity index (χ4v) is 1.65. The highest BCUT2D eigenvalue weighted by molar-refractivity contribution is 9.10. The summed E-state index contributed by atoms with van der Waals surface area (Å²) in [5.74, 6) is 0.452. The molecule has 0 aliphatic heterocycles. The van der Waals surface area contributed by atoms with Crippen molar-refractivity contribution in [2.24, 2.45) is 0 Å². The Kier molecular flexibility index (Phi) is 4.75. The Morgan fingerprint density at radius 2 is 1.74 bits per heavy atom. The van der Waals surface area contributed by atoms with E-state index in [1.54, 1.807) is 0 Å². The minimum Gasteiger partial charge on any atom is -0.465 e. The van der Waals surface area contributed by atoms with E-state index in [2.05, 4.69) is 21.2 Å². The van der Waals surface area contributed by atoms with Crippen molar-refractivity contribution in [3.05, 3.63) is 71.4 Å². The molecule has 0 aromatic heterocycles. The number of rotatable bonds is 4. The fourth-order valence-electron chi connectivity index (χ4n) is 1.39. The maximum Gasteiger partial charge on any atom is 0.251 e. The molecule has 0 aliphatic carbocycles. The molecule has 0 atom stereocenters. The van der Waals surface area contributed by atoms with E-state index < -0.39 is 0 Å². The summed E-state index contributed by atoms with van der Waals surface area (Å²) in [6, 6.07) is 16.6. The molecule has 1 amide bonds. The third-order valence-corrected chi connectivity index (χ3v) is 2.81. The standard InChI is InChI=1S/C15H12BrNO2/c16-12-6-8-13(9-7-12)17-15(18)10-11-19-14-4-2-1-3-5-14/h1-11H,(H,17,18). The monoisotopic (exact) mass is 317 g/mol. The zero-order chi connectivity index (χ0) is 13.5. The van der Waals surface area contributed by atoms with Crippen LogP contribution in [0.15, 0.2) is 71.4 Å². The summed E-state index contributed by atoms with van der Waals surface area (Å²) in [6.45, 7) is 0. The third kappa shape index (κ3) is 4.60. The van der Waals surface area contributed by atoms with Crippen molar-refractivity contribution in [3.63, 3.8) is 0 Å². The highest BCUT2D eigenvalue weighted by atomic mass is 79.9. The van der Waals surface area contributed by atoms with Gasteiger partial charge in [-0.1, -0.05) is 34.1 Å². The Morgan fingerprint density at radius 3 is 2.42 bits per heavy atom. The lowest BCUT2D eigenvalue weighted by Gasteiger charge is -2.02. The smallest absolute Gasteiger partial charge is 0.251 e. The van der Waals surface area contributed by atoms with Crippen molar-refractivity contribution in [2.75, 3.05) is 5.32 Å². The van der Waals surface area contributed by atoms with Crippen LogP contribution in [-0.2, 0) is 4.79 Å². The van der Waals surface area contributed by atoms with Gasteiger partial charge in [0, 0.05) is 16.2 Å². The highest BCUT2D eigenvalue weighted by Gasteiger charge is 1.97. The highest BCUT2D eigenvalue weighted by Crippen LogP contribution is 2.14. The van der Waals surface area contributed by atoms with Crippen molar-refractivity contribution in [2.45, 2.75) is 0 Å². The largest absolute Gasteiger partial charge is 0.465 e. The van der Waals surface area contributed by atoms with E-state index in [-0.39, 0.29) is 5.91 Å². The number of nitrogens with one attached hydrogen (secondary N) is 1. The average molecular weight is 318 g/mol. The topological polar surface area (TPSA) is 38.3 Å². The van der Waals surface area contributed by atoms with Gasteiger partial charge >= 0.3 is 0 Å². The van der Waals surface area contributed by atoms with Gasteiger partial charge in [0.05, 0.1) is 6.26 Å². The summed E-state index contributed by atoms with van der Waals surface area (Å²) in [5, 5.41) is 2.73. The molecule has 2 aromatic carbocycles. The molecule has 96 valence electrons. The molecule has 2 rings (SSSR count). The van der Waals surface area contributed by atoms with Crippen molar-refractivity contribution in [1.29, 1.82) is 0 Å². The number of hydrogen-bond acceptors (Lipinski definition) is 2. The van der Waals surface area contributed by atoms with E-state index in [1.165, 1.54) is 12.3 Å². The van der Waals surface area contributed by atoms with Gasteiger partial charge in [0.15, 0.2) is 0 Å². The van der Waals surface area contributed by atoms with Crippen molar-refractivity contribution >= 4 is 27.5 Å². The fraction of sp³-hybridized carbons (Fsp3) is 0. The predicted octanol–water partition coefficient (Wildman–Crippen LogP) is 3.98. The first-order valence-corrected chi connectivity index (χ1v) is 6.48. The number of amides is 1. The van der Waals surface area contributed by atoms with Gasteiger partial charge in [-0.15, -0.1) is 0 Å². The van der Waals surface area contributed by atoms with Gasteiger partial charge in [-0.3, -0.25) is 4.79 Å². The van der Waals surface area contributed by atoms with Gasteiger partial charge < -0.3 is 10.1 Å². The van der Waals surface area contributed by atoms with Crippen molar-refractivity contribution < 1.29 is 9.53 Å². The predicted molar refractivity (Wildman–Crippen MR) is 79.0 cm³/mol. The summed E-state index contributed by atoms with van der Waals surface area (Å²) in [7, 11) is 0. The Morgan fingerprint density at radius 1 is 1.05 bits per heavy atom. The van der Waals surface area contributed by atoms with Crippen LogP contribution >= 0.6 is 15.9 Å². The normalized spacial score (nSPS) is 10.4. The van der Waals surface area contributed by atoms with Gasteiger partial charge in [0.1, 0.15) is 5.75 Å². The minimum atomic E-state index is -0.238. The molecular formula is C15H12BrNO2. The van der Waals surface area contributed by atoms with Gasteiger partial charge in [-0.25, -0.2) is 0 Å². The number of halogens is 1. The lowest BCUT2D eigenvalue weighted by atomic mass is 10.3. The molecule has 19 heavy (non-hydrogen) atoms. The van der Waals surface area contributed by atoms with Gasteiger partial charge in [0.2, 0.25) is 0 Å². The zero-order valence-electron chi connectivity index (χ0n) is 10.0. The van der Waals surface area contributed by atoms with Gasteiger partial charge in [-0.05, 0) is 36.4 Å². The summed E-state index contributed by atoms with van der Waals surface area (Å²) in [5.41, 5.74) is 0.734. The Bertz CT molecular complexity index is 564. The van der Waals surface area contributed by atoms with Crippen LogP contribution in [0.5, 0.6) is 5.75 Å². The molecular weight excluding hydrogens is 306 g/mol. The molecule has 0 radical (unpaired) electrons. The van der Waals surface area contributed by atoms with E-state index in [4.69, 9.17) is 4.74 Å². The second-order valence-corrected chi connectivity index (χ2v) is 4.65. The van der Waals surface area contributed by atoms with Crippen LogP contribution in [0.3, 0.4) is 0 Å². The second kappa shape index (κ2) is 6.75. The minimum absolute atomic E-state index is 0.238. The van der Waals surface area contributed by atoms with Crippen LogP contribution in [0.1, 0.15) is 0 Å². The molecule has 0 spiro atoms. The number of carbonyl (C=O) groups excluding carboxylic acids is 1. The van der Waals surface area contributed by atoms with E-state index in [0.717, 1.165) is 10.2 Å². The van der Waals surface area contributed by atoms with E-state index in [1.807, 2.05) is 54.6 Å². The number of benzene rings is 2. The summed E-state index contributed by atoms with van der Waals surface area (Å²) < 4.78 is 6.25. The summed E-state index contributed by atoms with van der Waals surface area (Å²) >= 11 is 3.33. The maximum atomic E-state index is 11.6. The number of hydrogen-bond donors (Lipinski definition) is 1. The average Bonchev–Trinajstić information content (AvgIpc) is 2.43. The Hall–Kier alpha value is -2.07. The quantitative estimate of drug-likeness (QED) is 0.684.